The Bertz CT molecular complexity index is 1030. The maximum Gasteiger partial charge on any atom is 0.323 e. The second-order valence-electron chi connectivity index (χ2n) is 11.6. The van der Waals surface area contributed by atoms with E-state index in [4.69, 9.17) is 9.47 Å². The van der Waals surface area contributed by atoms with Gasteiger partial charge in [0.05, 0.1) is 12.1 Å². The molecule has 2 saturated heterocycles. The van der Waals surface area contributed by atoms with E-state index in [-0.39, 0.29) is 24.1 Å². The summed E-state index contributed by atoms with van der Waals surface area (Å²) in [6.45, 7) is 12.7. The van der Waals surface area contributed by atoms with Crippen LogP contribution < -0.4 is 0 Å². The van der Waals surface area contributed by atoms with Gasteiger partial charge in [-0.15, -0.1) is 0 Å². The average Bonchev–Trinajstić information content (AvgIpc) is 3.32. The van der Waals surface area contributed by atoms with E-state index in [1.807, 2.05) is 77.9 Å². The van der Waals surface area contributed by atoms with Gasteiger partial charge in [0, 0.05) is 19.1 Å². The largest absolute Gasteiger partial charge is 0.460 e. The first-order chi connectivity index (χ1) is 16.4. The van der Waals surface area contributed by atoms with E-state index >= 15 is 0 Å². The Kier molecular flexibility index (Phi) is 7.07. The van der Waals surface area contributed by atoms with Crippen LogP contribution in [0, 0.1) is 5.92 Å². The molecule has 0 aliphatic carbocycles. The van der Waals surface area contributed by atoms with Crippen LogP contribution in [0.4, 0.5) is 0 Å². The lowest BCUT2D eigenvalue weighted by Gasteiger charge is -2.32. The Hall–Kier alpha value is -2.70. The number of carbonyl (C=O) groups excluding carboxylic acids is 2. The van der Waals surface area contributed by atoms with E-state index in [1.165, 1.54) is 5.56 Å². The van der Waals surface area contributed by atoms with Gasteiger partial charge in [0.25, 0.3) is 0 Å². The minimum atomic E-state index is -0.609. The highest BCUT2D eigenvalue weighted by molar-refractivity contribution is 5.81. The molecule has 6 heteroatoms. The summed E-state index contributed by atoms with van der Waals surface area (Å²) in [7, 11) is 0. The highest BCUT2D eigenvalue weighted by atomic mass is 16.6. The van der Waals surface area contributed by atoms with E-state index in [9.17, 15) is 9.59 Å². The Morgan fingerprint density at radius 1 is 0.829 bits per heavy atom. The van der Waals surface area contributed by atoms with Crippen LogP contribution in [0.5, 0.6) is 0 Å². The molecule has 4 rings (SSSR count). The number of benzene rings is 2. The molecule has 2 fully saturated rings. The monoisotopic (exact) mass is 478 g/mol. The Morgan fingerprint density at radius 2 is 1.37 bits per heavy atom. The fourth-order valence-electron chi connectivity index (χ4n) is 5.26. The maximum atomic E-state index is 13.5. The lowest BCUT2D eigenvalue weighted by molar-refractivity contribution is -0.163. The first-order valence-electron chi connectivity index (χ1n) is 12.5. The van der Waals surface area contributed by atoms with E-state index in [2.05, 4.69) is 34.1 Å². The standard InChI is InChI=1S/C29H38N2O4/c1-28(2,3)34-26(32)22-17-23(27(33)35-29(4,5)6)31-24(21-15-11-8-12-16-21)19-30(25(22)31)18-20-13-9-7-10-14-20/h7-16,22-25H,17-19H2,1-6H3/t22-,23-,24+,25+/m1/s1. The molecule has 0 amide bonds. The van der Waals surface area contributed by atoms with Crippen molar-refractivity contribution in [2.75, 3.05) is 6.54 Å². The van der Waals surface area contributed by atoms with Gasteiger partial charge in [0.2, 0.25) is 0 Å². The highest BCUT2D eigenvalue weighted by Crippen LogP contribution is 2.46. The van der Waals surface area contributed by atoms with Crippen LogP contribution in [0.3, 0.4) is 0 Å². The molecule has 0 spiro atoms. The molecule has 2 aliphatic heterocycles. The molecule has 188 valence electrons. The third kappa shape index (κ3) is 5.93. The molecule has 2 heterocycles. The SMILES string of the molecule is CC(C)(C)OC(=O)[C@H]1C[C@@H](C(=O)OC(C)(C)C)[C@H]2N(Cc3ccccc3)C[C@@H](c3ccccc3)N12. The van der Waals surface area contributed by atoms with Gasteiger partial charge < -0.3 is 9.47 Å². The van der Waals surface area contributed by atoms with Gasteiger partial charge in [0.1, 0.15) is 17.2 Å². The van der Waals surface area contributed by atoms with Crippen LogP contribution in [0.1, 0.15) is 65.1 Å². The van der Waals surface area contributed by atoms with Gasteiger partial charge in [0.15, 0.2) is 0 Å². The lowest BCUT2D eigenvalue weighted by atomic mass is 10.00. The number of carbonyl (C=O) groups is 2. The summed E-state index contributed by atoms with van der Waals surface area (Å²) >= 11 is 0. The predicted molar refractivity (Wildman–Crippen MR) is 135 cm³/mol. The Morgan fingerprint density at radius 3 is 1.94 bits per heavy atom. The van der Waals surface area contributed by atoms with Crippen molar-refractivity contribution in [2.45, 2.75) is 84.0 Å². The normalized spacial score (nSPS) is 25.3. The van der Waals surface area contributed by atoms with Crippen molar-refractivity contribution < 1.29 is 19.1 Å². The van der Waals surface area contributed by atoms with Crippen LogP contribution in [0.2, 0.25) is 0 Å². The molecule has 2 aromatic rings. The van der Waals surface area contributed by atoms with Crippen molar-refractivity contribution in [3.8, 4) is 0 Å². The van der Waals surface area contributed by atoms with E-state index in [0.29, 0.717) is 19.5 Å². The molecule has 0 radical (unpaired) electrons. The molecule has 0 aromatic heterocycles. The molecular formula is C29H38N2O4. The van der Waals surface area contributed by atoms with Crippen LogP contribution in [0.15, 0.2) is 60.7 Å². The van der Waals surface area contributed by atoms with Crippen molar-refractivity contribution in [1.82, 2.24) is 9.80 Å². The summed E-state index contributed by atoms with van der Waals surface area (Å²) < 4.78 is 11.7. The van der Waals surface area contributed by atoms with Crippen molar-refractivity contribution in [3.63, 3.8) is 0 Å². The maximum absolute atomic E-state index is 13.5. The summed E-state index contributed by atoms with van der Waals surface area (Å²) in [5, 5.41) is 0. The van der Waals surface area contributed by atoms with Crippen LogP contribution in [-0.2, 0) is 25.6 Å². The molecule has 0 saturated carbocycles. The van der Waals surface area contributed by atoms with E-state index < -0.39 is 23.2 Å². The number of nitrogens with zero attached hydrogens (tertiary/aromatic N) is 2. The van der Waals surface area contributed by atoms with Crippen molar-refractivity contribution >= 4 is 11.9 Å². The molecule has 0 unspecified atom stereocenters. The van der Waals surface area contributed by atoms with E-state index in [1.54, 1.807) is 0 Å². The summed E-state index contributed by atoms with van der Waals surface area (Å²) in [5.74, 6) is -0.995. The lowest BCUT2D eigenvalue weighted by Crippen LogP contribution is -2.46. The van der Waals surface area contributed by atoms with Gasteiger partial charge in [-0.2, -0.15) is 0 Å². The van der Waals surface area contributed by atoms with Gasteiger partial charge >= 0.3 is 11.9 Å². The molecular weight excluding hydrogens is 440 g/mol. The average molecular weight is 479 g/mol. The zero-order valence-corrected chi connectivity index (χ0v) is 21.7. The zero-order valence-electron chi connectivity index (χ0n) is 21.7. The molecule has 6 nitrogen and oxygen atoms in total. The highest BCUT2D eigenvalue weighted by Gasteiger charge is 2.58. The second-order valence-corrected chi connectivity index (χ2v) is 11.6. The number of hydrogen-bond donors (Lipinski definition) is 0. The first-order valence-corrected chi connectivity index (χ1v) is 12.5. The smallest absolute Gasteiger partial charge is 0.323 e. The van der Waals surface area contributed by atoms with E-state index in [0.717, 1.165) is 5.56 Å². The molecule has 2 aliphatic rings. The summed E-state index contributed by atoms with van der Waals surface area (Å²) in [5.41, 5.74) is 1.09. The number of esters is 2. The summed E-state index contributed by atoms with van der Waals surface area (Å²) in [6, 6.07) is 19.9. The summed E-state index contributed by atoms with van der Waals surface area (Å²) in [4.78, 5) is 31.5. The number of hydrogen-bond acceptors (Lipinski definition) is 6. The minimum Gasteiger partial charge on any atom is -0.460 e. The molecule has 2 aromatic carbocycles. The van der Waals surface area contributed by atoms with Gasteiger partial charge in [-0.05, 0) is 59.1 Å². The van der Waals surface area contributed by atoms with Gasteiger partial charge in [-0.3, -0.25) is 19.4 Å². The number of ether oxygens (including phenoxy) is 2. The topological polar surface area (TPSA) is 59.1 Å². The molecule has 4 atom stereocenters. The molecule has 0 N–H and O–H groups in total. The Balaban J connectivity index is 1.74. The summed E-state index contributed by atoms with van der Waals surface area (Å²) in [6.07, 6.45) is 0.121. The van der Waals surface area contributed by atoms with Crippen LogP contribution >= 0.6 is 0 Å². The minimum absolute atomic E-state index is 0.0325. The first kappa shape index (κ1) is 25.4. The number of fused-ring (bicyclic) bond motifs is 1. The van der Waals surface area contributed by atoms with Crippen molar-refractivity contribution in [3.05, 3.63) is 71.8 Å². The quantitative estimate of drug-likeness (QED) is 0.567. The third-order valence-corrected chi connectivity index (χ3v) is 6.45. The fraction of sp³-hybridized carbons (Fsp3) is 0.517. The van der Waals surface area contributed by atoms with Crippen molar-refractivity contribution in [2.24, 2.45) is 5.92 Å². The molecule has 0 bridgehead atoms. The zero-order chi connectivity index (χ0) is 25.4. The van der Waals surface area contributed by atoms with Crippen molar-refractivity contribution in [1.29, 1.82) is 0 Å². The second kappa shape index (κ2) is 9.75. The third-order valence-electron chi connectivity index (χ3n) is 6.45. The Labute approximate surface area is 209 Å². The van der Waals surface area contributed by atoms with Crippen LogP contribution in [-0.4, -0.2) is 51.7 Å². The fourth-order valence-corrected chi connectivity index (χ4v) is 5.26. The van der Waals surface area contributed by atoms with Crippen LogP contribution in [0.25, 0.3) is 0 Å². The molecule has 35 heavy (non-hydrogen) atoms. The van der Waals surface area contributed by atoms with Gasteiger partial charge in [-0.25, -0.2) is 0 Å². The van der Waals surface area contributed by atoms with Gasteiger partial charge in [-0.1, -0.05) is 60.7 Å². The predicted octanol–water partition coefficient (Wildman–Crippen LogP) is 4.94. The number of rotatable bonds is 5.